The molecule has 2 heterocycles. The smallest absolute Gasteiger partial charge is 0.224 e. The van der Waals surface area contributed by atoms with E-state index in [4.69, 9.17) is 11.6 Å². The van der Waals surface area contributed by atoms with Gasteiger partial charge in [-0.1, -0.05) is 25.4 Å². The van der Waals surface area contributed by atoms with Crippen molar-refractivity contribution in [2.75, 3.05) is 43.9 Å². The first-order valence-electron chi connectivity index (χ1n) is 7.20. The van der Waals surface area contributed by atoms with E-state index in [1.165, 1.54) is 0 Å². The van der Waals surface area contributed by atoms with Crippen LogP contribution < -0.4 is 10.2 Å². The summed E-state index contributed by atoms with van der Waals surface area (Å²) in [5.41, 5.74) is 0. The molecule has 1 saturated heterocycles. The summed E-state index contributed by atoms with van der Waals surface area (Å²) in [7, 11) is 4.25. The van der Waals surface area contributed by atoms with Gasteiger partial charge in [0.25, 0.3) is 0 Å². The maximum absolute atomic E-state index is 6.28. The summed E-state index contributed by atoms with van der Waals surface area (Å²) < 4.78 is 0. The number of hydrogen-bond acceptors (Lipinski definition) is 5. The summed E-state index contributed by atoms with van der Waals surface area (Å²) in [5, 5.41) is 3.84. The Morgan fingerprint density at radius 1 is 1.45 bits per heavy atom. The quantitative estimate of drug-likeness (QED) is 0.904. The Hall–Kier alpha value is -1.07. The first-order chi connectivity index (χ1) is 9.52. The van der Waals surface area contributed by atoms with E-state index in [-0.39, 0.29) is 0 Å². The van der Waals surface area contributed by atoms with E-state index in [1.54, 1.807) is 6.20 Å². The first-order valence-corrected chi connectivity index (χ1v) is 7.58. The lowest BCUT2D eigenvalue weighted by molar-refractivity contribution is 0.266. The molecule has 20 heavy (non-hydrogen) atoms. The van der Waals surface area contributed by atoms with Crippen LogP contribution in [0.15, 0.2) is 6.20 Å². The van der Waals surface area contributed by atoms with Gasteiger partial charge in [0.2, 0.25) is 5.95 Å². The number of nitrogens with one attached hydrogen (secondary N) is 1. The fourth-order valence-corrected chi connectivity index (χ4v) is 2.91. The molecule has 112 valence electrons. The van der Waals surface area contributed by atoms with Crippen molar-refractivity contribution in [1.29, 1.82) is 0 Å². The van der Waals surface area contributed by atoms with Crippen LogP contribution >= 0.6 is 11.6 Å². The van der Waals surface area contributed by atoms with Gasteiger partial charge in [-0.2, -0.15) is 4.98 Å². The molecule has 6 heteroatoms. The monoisotopic (exact) mass is 297 g/mol. The van der Waals surface area contributed by atoms with Gasteiger partial charge in [-0.25, -0.2) is 4.98 Å². The van der Waals surface area contributed by atoms with Gasteiger partial charge in [-0.15, -0.1) is 0 Å². The summed E-state index contributed by atoms with van der Waals surface area (Å²) >= 11 is 6.28. The summed E-state index contributed by atoms with van der Waals surface area (Å²) in [5.74, 6) is 2.10. The number of halogens is 1. The highest BCUT2D eigenvalue weighted by atomic mass is 35.5. The van der Waals surface area contributed by atoms with E-state index in [2.05, 4.69) is 53.0 Å². The van der Waals surface area contributed by atoms with E-state index < -0.39 is 0 Å². The predicted molar refractivity (Wildman–Crippen MR) is 84.7 cm³/mol. The van der Waals surface area contributed by atoms with Crippen molar-refractivity contribution < 1.29 is 0 Å². The third kappa shape index (κ3) is 3.33. The molecule has 0 amide bonds. The number of likely N-dealkylation sites (N-methyl/N-ethyl adjacent to an activating group) is 1. The van der Waals surface area contributed by atoms with Crippen molar-refractivity contribution >= 4 is 23.4 Å². The van der Waals surface area contributed by atoms with E-state index in [0.29, 0.717) is 22.9 Å². The second kappa shape index (κ2) is 6.59. The molecular weight excluding hydrogens is 274 g/mol. The molecule has 0 radical (unpaired) electrons. The Morgan fingerprint density at radius 2 is 2.20 bits per heavy atom. The van der Waals surface area contributed by atoms with Crippen molar-refractivity contribution in [2.45, 2.75) is 26.3 Å². The van der Waals surface area contributed by atoms with Crippen LogP contribution in [0.1, 0.15) is 20.3 Å². The van der Waals surface area contributed by atoms with Crippen LogP contribution in [-0.4, -0.2) is 54.6 Å². The van der Waals surface area contributed by atoms with Gasteiger partial charge in [0.15, 0.2) is 5.82 Å². The van der Waals surface area contributed by atoms with Gasteiger partial charge in [0, 0.05) is 25.7 Å². The van der Waals surface area contributed by atoms with Crippen molar-refractivity contribution in [3.8, 4) is 0 Å². The number of rotatable bonds is 5. The Labute approximate surface area is 126 Å². The van der Waals surface area contributed by atoms with Crippen LogP contribution in [0.25, 0.3) is 0 Å². The second-order valence-electron chi connectivity index (χ2n) is 5.71. The molecule has 2 unspecified atom stereocenters. The molecule has 1 aliphatic heterocycles. The van der Waals surface area contributed by atoms with Gasteiger partial charge in [-0.05, 0) is 26.4 Å². The lowest BCUT2D eigenvalue weighted by atomic mass is 10.1. The Balaban J connectivity index is 2.16. The summed E-state index contributed by atoms with van der Waals surface area (Å²) in [6, 6.07) is 0.535. The lowest BCUT2D eigenvalue weighted by Crippen LogP contribution is -2.34. The highest BCUT2D eigenvalue weighted by Gasteiger charge is 2.32. The van der Waals surface area contributed by atoms with Gasteiger partial charge in [-0.3, -0.25) is 0 Å². The zero-order chi connectivity index (χ0) is 14.7. The van der Waals surface area contributed by atoms with Crippen LogP contribution in [0.5, 0.6) is 0 Å². The highest BCUT2D eigenvalue weighted by Crippen LogP contribution is 2.30. The number of anilines is 2. The molecule has 0 aliphatic carbocycles. The van der Waals surface area contributed by atoms with Gasteiger partial charge in [0.1, 0.15) is 5.02 Å². The molecule has 2 atom stereocenters. The van der Waals surface area contributed by atoms with Gasteiger partial charge >= 0.3 is 0 Å². The van der Waals surface area contributed by atoms with Gasteiger partial charge < -0.3 is 15.1 Å². The van der Waals surface area contributed by atoms with Crippen LogP contribution in [0.4, 0.5) is 11.8 Å². The molecular formula is C14H24ClN5. The third-order valence-electron chi connectivity index (χ3n) is 3.79. The zero-order valence-corrected chi connectivity index (χ0v) is 13.5. The maximum Gasteiger partial charge on any atom is 0.224 e. The van der Waals surface area contributed by atoms with Crippen molar-refractivity contribution in [2.24, 2.45) is 5.92 Å². The number of hydrogen-bond donors (Lipinski definition) is 1. The lowest BCUT2D eigenvalue weighted by Gasteiger charge is -2.23. The Kier molecular flexibility index (Phi) is 5.05. The van der Waals surface area contributed by atoms with E-state index in [9.17, 15) is 0 Å². The standard InChI is InChI=1S/C14H24ClN5/c1-5-6-16-14-17-7-11(15)13(18-14)20-8-10(2)12(9-20)19(3)4/h7,10,12H,5-6,8-9H2,1-4H3,(H,16,17,18). The molecule has 1 N–H and O–H groups in total. The Bertz CT molecular complexity index is 451. The average Bonchev–Trinajstić information content (AvgIpc) is 2.80. The molecule has 0 spiro atoms. The molecule has 1 aromatic heterocycles. The fraction of sp³-hybridized carbons (Fsp3) is 0.714. The molecule has 0 bridgehead atoms. The molecule has 1 fully saturated rings. The summed E-state index contributed by atoms with van der Waals surface area (Å²) in [4.78, 5) is 13.3. The van der Waals surface area contributed by atoms with Gasteiger partial charge in [0.05, 0.1) is 6.20 Å². The molecule has 5 nitrogen and oxygen atoms in total. The number of nitrogens with zero attached hydrogens (tertiary/aromatic N) is 4. The normalized spacial score (nSPS) is 22.6. The highest BCUT2D eigenvalue weighted by molar-refractivity contribution is 6.32. The van der Waals surface area contributed by atoms with E-state index in [1.807, 2.05) is 0 Å². The largest absolute Gasteiger partial charge is 0.354 e. The maximum atomic E-state index is 6.28. The van der Waals surface area contributed by atoms with Crippen LogP contribution in [0, 0.1) is 5.92 Å². The molecule has 0 aromatic carbocycles. The predicted octanol–water partition coefficient (Wildman–Crippen LogP) is 2.34. The minimum atomic E-state index is 0.535. The topological polar surface area (TPSA) is 44.3 Å². The first kappa shape index (κ1) is 15.3. The minimum absolute atomic E-state index is 0.535. The van der Waals surface area contributed by atoms with Crippen molar-refractivity contribution in [3.05, 3.63) is 11.2 Å². The molecule has 1 aromatic rings. The zero-order valence-electron chi connectivity index (χ0n) is 12.7. The van der Waals surface area contributed by atoms with Crippen molar-refractivity contribution in [1.82, 2.24) is 14.9 Å². The third-order valence-corrected chi connectivity index (χ3v) is 4.06. The van der Waals surface area contributed by atoms with E-state index >= 15 is 0 Å². The molecule has 1 aliphatic rings. The van der Waals surface area contributed by atoms with Crippen LogP contribution in [0.3, 0.4) is 0 Å². The fourth-order valence-electron chi connectivity index (χ4n) is 2.70. The Morgan fingerprint density at radius 3 is 2.80 bits per heavy atom. The second-order valence-corrected chi connectivity index (χ2v) is 6.11. The SMILES string of the molecule is CCCNc1ncc(Cl)c(N2CC(C)C(N(C)C)C2)n1. The van der Waals surface area contributed by atoms with E-state index in [0.717, 1.165) is 31.9 Å². The minimum Gasteiger partial charge on any atom is -0.354 e. The average molecular weight is 298 g/mol. The van der Waals surface area contributed by atoms with Crippen LogP contribution in [0.2, 0.25) is 5.02 Å². The summed E-state index contributed by atoms with van der Waals surface area (Å²) in [6.45, 7) is 7.20. The van der Waals surface area contributed by atoms with Crippen LogP contribution in [-0.2, 0) is 0 Å². The number of aromatic nitrogens is 2. The molecule has 0 saturated carbocycles. The summed E-state index contributed by atoms with van der Waals surface area (Å²) in [6.07, 6.45) is 2.74. The molecule has 2 rings (SSSR count). The van der Waals surface area contributed by atoms with Crippen molar-refractivity contribution in [3.63, 3.8) is 0 Å².